The predicted molar refractivity (Wildman–Crippen MR) is 96.1 cm³/mol. The van der Waals surface area contributed by atoms with Crippen molar-refractivity contribution in [1.82, 2.24) is 20.8 Å². The first-order valence-electron chi connectivity index (χ1n) is 9.39. The summed E-state index contributed by atoms with van der Waals surface area (Å²) < 4.78 is 18.2. The van der Waals surface area contributed by atoms with Crippen LogP contribution in [-0.4, -0.2) is 51.6 Å². The number of hydrogen-bond donors (Lipinski definition) is 4. The zero-order chi connectivity index (χ0) is 19.8. The Morgan fingerprint density at radius 1 is 1.25 bits per heavy atom. The number of halogens is 1. The van der Waals surface area contributed by atoms with Crippen LogP contribution in [0.25, 0.3) is 11.4 Å². The van der Waals surface area contributed by atoms with Crippen LogP contribution in [0.3, 0.4) is 0 Å². The number of aromatic nitrogens is 2. The molecule has 1 saturated heterocycles. The Labute approximate surface area is 161 Å². The Bertz CT molecular complexity index is 843. The lowest BCUT2D eigenvalue weighted by molar-refractivity contribution is -0.146. The summed E-state index contributed by atoms with van der Waals surface area (Å²) in [4.78, 5) is 17.1. The van der Waals surface area contributed by atoms with E-state index in [4.69, 9.17) is 4.52 Å². The standard InChI is InChI=1S/C19H23FN4O4/c1-9-15(12-6-21-7-13(12)17(26)16(9)25)19(27)22-8-14-23-18(24-28-14)10-2-4-11(20)5-3-10/h2-5,9,12-13,15-17,21,25-26H,6-8H2,1H3,(H,22,27)/t9-,12+,13+,15+,16+,17+/m1/s1. The van der Waals surface area contributed by atoms with Gasteiger partial charge in [0.1, 0.15) is 5.82 Å². The first kappa shape index (κ1) is 19.0. The number of nitrogens with zero attached hydrogens (tertiary/aromatic N) is 2. The maximum absolute atomic E-state index is 13.0. The second kappa shape index (κ2) is 7.57. The van der Waals surface area contributed by atoms with E-state index in [0.29, 0.717) is 24.5 Å². The molecule has 4 rings (SSSR count). The van der Waals surface area contributed by atoms with Gasteiger partial charge in [0.15, 0.2) is 0 Å². The van der Waals surface area contributed by atoms with Crippen molar-refractivity contribution in [2.45, 2.75) is 25.7 Å². The fourth-order valence-corrected chi connectivity index (χ4v) is 4.41. The number of aliphatic hydroxyl groups is 2. The largest absolute Gasteiger partial charge is 0.390 e. The van der Waals surface area contributed by atoms with E-state index in [-0.39, 0.29) is 41.9 Å². The van der Waals surface area contributed by atoms with Crippen molar-refractivity contribution in [2.24, 2.45) is 23.7 Å². The number of aliphatic hydroxyl groups excluding tert-OH is 2. The summed E-state index contributed by atoms with van der Waals surface area (Å²) in [5.41, 5.74) is 0.612. The molecule has 0 spiro atoms. The highest BCUT2D eigenvalue weighted by molar-refractivity contribution is 5.79. The number of amides is 1. The van der Waals surface area contributed by atoms with Crippen LogP contribution in [0.2, 0.25) is 0 Å². The van der Waals surface area contributed by atoms with Gasteiger partial charge in [-0.1, -0.05) is 12.1 Å². The Morgan fingerprint density at radius 3 is 2.71 bits per heavy atom. The van der Waals surface area contributed by atoms with Crippen molar-refractivity contribution in [2.75, 3.05) is 13.1 Å². The zero-order valence-corrected chi connectivity index (χ0v) is 15.4. The van der Waals surface area contributed by atoms with Crippen LogP contribution < -0.4 is 10.6 Å². The van der Waals surface area contributed by atoms with Gasteiger partial charge < -0.3 is 25.4 Å². The SMILES string of the molecule is C[C@H]1[C@H](O)[C@@H](O)[C@H]2CNC[C@@H]2[C@H]1C(=O)NCc1nc(-c2ccc(F)cc2)no1. The predicted octanol–water partition coefficient (Wildman–Crippen LogP) is 0.315. The Hall–Kier alpha value is -2.36. The summed E-state index contributed by atoms with van der Waals surface area (Å²) in [6.45, 7) is 3.06. The minimum atomic E-state index is -0.939. The van der Waals surface area contributed by atoms with Gasteiger partial charge in [0, 0.05) is 23.9 Å². The van der Waals surface area contributed by atoms with Gasteiger partial charge in [0.05, 0.1) is 18.8 Å². The second-order valence-electron chi connectivity index (χ2n) is 7.59. The second-order valence-corrected chi connectivity index (χ2v) is 7.59. The molecule has 0 unspecified atom stereocenters. The highest BCUT2D eigenvalue weighted by Gasteiger charge is 2.52. The van der Waals surface area contributed by atoms with Crippen LogP contribution in [0.4, 0.5) is 4.39 Å². The monoisotopic (exact) mass is 390 g/mol. The maximum Gasteiger partial charge on any atom is 0.246 e. The summed E-state index contributed by atoms with van der Waals surface area (Å²) in [5, 5.41) is 30.5. The minimum Gasteiger partial charge on any atom is -0.390 e. The smallest absolute Gasteiger partial charge is 0.246 e. The quantitative estimate of drug-likeness (QED) is 0.593. The third-order valence-electron chi connectivity index (χ3n) is 5.95. The van der Waals surface area contributed by atoms with Gasteiger partial charge in [-0.3, -0.25) is 4.79 Å². The van der Waals surface area contributed by atoms with E-state index < -0.39 is 18.1 Å². The molecule has 2 heterocycles. The van der Waals surface area contributed by atoms with Crippen LogP contribution in [0, 0.1) is 29.5 Å². The van der Waals surface area contributed by atoms with Crippen LogP contribution in [0.1, 0.15) is 12.8 Å². The lowest BCUT2D eigenvalue weighted by Crippen LogP contribution is -2.55. The van der Waals surface area contributed by atoms with Gasteiger partial charge in [-0.05, 0) is 42.6 Å². The molecule has 28 heavy (non-hydrogen) atoms. The lowest BCUT2D eigenvalue weighted by atomic mass is 9.65. The number of rotatable bonds is 4. The van der Waals surface area contributed by atoms with E-state index >= 15 is 0 Å². The Balaban J connectivity index is 1.42. The van der Waals surface area contributed by atoms with Gasteiger partial charge >= 0.3 is 0 Å². The molecule has 8 nitrogen and oxygen atoms in total. The van der Waals surface area contributed by atoms with Gasteiger partial charge in [-0.2, -0.15) is 4.98 Å². The maximum atomic E-state index is 13.0. The molecule has 6 atom stereocenters. The van der Waals surface area contributed by atoms with E-state index in [9.17, 15) is 19.4 Å². The highest BCUT2D eigenvalue weighted by Crippen LogP contribution is 2.41. The topological polar surface area (TPSA) is 121 Å². The molecule has 1 saturated carbocycles. The van der Waals surface area contributed by atoms with Crippen LogP contribution in [0.5, 0.6) is 0 Å². The molecule has 0 bridgehead atoms. The molecule has 1 amide bonds. The van der Waals surface area contributed by atoms with Gasteiger partial charge in [0.25, 0.3) is 0 Å². The minimum absolute atomic E-state index is 0.0362. The van der Waals surface area contributed by atoms with E-state index in [1.165, 1.54) is 12.1 Å². The van der Waals surface area contributed by atoms with Crippen molar-refractivity contribution in [3.05, 3.63) is 36.0 Å². The number of nitrogens with one attached hydrogen (secondary N) is 2. The zero-order valence-electron chi connectivity index (χ0n) is 15.4. The molecule has 2 fully saturated rings. The van der Waals surface area contributed by atoms with Crippen molar-refractivity contribution in [3.8, 4) is 11.4 Å². The van der Waals surface area contributed by atoms with Gasteiger partial charge in [-0.25, -0.2) is 4.39 Å². The van der Waals surface area contributed by atoms with E-state index in [1.807, 2.05) is 0 Å². The van der Waals surface area contributed by atoms with Crippen LogP contribution in [-0.2, 0) is 11.3 Å². The summed E-state index contributed by atoms with van der Waals surface area (Å²) in [5.74, 6) is -0.980. The third-order valence-corrected chi connectivity index (χ3v) is 5.95. The van der Waals surface area contributed by atoms with E-state index in [0.717, 1.165) is 0 Å². The van der Waals surface area contributed by atoms with Crippen molar-refractivity contribution < 1.29 is 23.9 Å². The molecular formula is C19H23FN4O4. The molecule has 4 N–H and O–H groups in total. The fraction of sp³-hybridized carbons (Fsp3) is 0.526. The summed E-state index contributed by atoms with van der Waals surface area (Å²) in [6, 6.07) is 5.71. The first-order chi connectivity index (χ1) is 13.5. The van der Waals surface area contributed by atoms with Crippen molar-refractivity contribution in [3.63, 3.8) is 0 Å². The summed E-state index contributed by atoms with van der Waals surface area (Å²) in [6.07, 6.45) is -1.77. The molecular weight excluding hydrogens is 367 g/mol. The Morgan fingerprint density at radius 2 is 1.96 bits per heavy atom. The molecule has 1 aromatic heterocycles. The average molecular weight is 390 g/mol. The van der Waals surface area contributed by atoms with E-state index in [1.54, 1.807) is 19.1 Å². The molecule has 0 radical (unpaired) electrons. The molecule has 150 valence electrons. The molecule has 1 aliphatic carbocycles. The third kappa shape index (κ3) is 3.41. The van der Waals surface area contributed by atoms with Gasteiger partial charge in [-0.15, -0.1) is 0 Å². The number of benzene rings is 1. The molecule has 2 aromatic rings. The first-order valence-corrected chi connectivity index (χ1v) is 9.39. The average Bonchev–Trinajstić information content (AvgIpc) is 3.35. The van der Waals surface area contributed by atoms with Gasteiger partial charge in [0.2, 0.25) is 17.6 Å². The van der Waals surface area contributed by atoms with Crippen molar-refractivity contribution >= 4 is 5.91 Å². The molecule has 1 aromatic carbocycles. The fourth-order valence-electron chi connectivity index (χ4n) is 4.41. The number of fused-ring (bicyclic) bond motifs is 1. The highest BCUT2D eigenvalue weighted by atomic mass is 19.1. The molecule has 9 heteroatoms. The molecule has 1 aliphatic heterocycles. The number of carbonyl (C=O) groups is 1. The van der Waals surface area contributed by atoms with Crippen LogP contribution >= 0.6 is 0 Å². The number of carbonyl (C=O) groups excluding carboxylic acids is 1. The number of hydrogen-bond acceptors (Lipinski definition) is 7. The molecule has 2 aliphatic rings. The van der Waals surface area contributed by atoms with Crippen molar-refractivity contribution in [1.29, 1.82) is 0 Å². The normalized spacial score (nSPS) is 32.1. The van der Waals surface area contributed by atoms with E-state index in [2.05, 4.69) is 20.8 Å². The summed E-state index contributed by atoms with van der Waals surface area (Å²) in [7, 11) is 0. The summed E-state index contributed by atoms with van der Waals surface area (Å²) >= 11 is 0. The Kier molecular flexibility index (Phi) is 5.13. The van der Waals surface area contributed by atoms with Crippen LogP contribution in [0.15, 0.2) is 28.8 Å². The lowest BCUT2D eigenvalue weighted by Gasteiger charge is -2.43.